The van der Waals surface area contributed by atoms with Gasteiger partial charge in [0.05, 0.1) is 12.3 Å². The second kappa shape index (κ2) is 7.68. The van der Waals surface area contributed by atoms with E-state index in [-0.39, 0.29) is 0 Å². The van der Waals surface area contributed by atoms with Gasteiger partial charge in [-0.1, -0.05) is 34.6 Å². The fraction of sp³-hybridized carbons (Fsp3) is 0.824. The highest BCUT2D eigenvalue weighted by Gasteiger charge is 2.21. The van der Waals surface area contributed by atoms with Crippen LogP contribution < -0.4 is 0 Å². The molecule has 0 spiro atoms. The molecular formula is C17H34N2OS. The van der Waals surface area contributed by atoms with Crippen molar-refractivity contribution in [1.29, 1.82) is 0 Å². The number of nitrogens with zero attached hydrogens (tertiary/aromatic N) is 2. The fourth-order valence-electron chi connectivity index (χ4n) is 2.53. The first-order valence-electron chi connectivity index (χ1n) is 8.00. The summed E-state index contributed by atoms with van der Waals surface area (Å²) in [5.41, 5.74) is 4.02. The van der Waals surface area contributed by atoms with Gasteiger partial charge >= 0.3 is 0 Å². The van der Waals surface area contributed by atoms with Crippen LogP contribution in [0.2, 0.25) is 0 Å². The Bertz CT molecular complexity index is 444. The zero-order valence-corrected chi connectivity index (χ0v) is 16.0. The third kappa shape index (κ3) is 5.33. The Morgan fingerprint density at radius 3 is 2.14 bits per heavy atom. The summed E-state index contributed by atoms with van der Waals surface area (Å²) in [6.07, 6.45) is 8.00. The van der Waals surface area contributed by atoms with Crippen molar-refractivity contribution in [1.82, 2.24) is 9.78 Å². The minimum atomic E-state index is -0.479. The number of ether oxygens (including phenoxy) is 1. The van der Waals surface area contributed by atoms with Crippen LogP contribution in [0.3, 0.4) is 0 Å². The molecule has 124 valence electrons. The van der Waals surface area contributed by atoms with Crippen molar-refractivity contribution in [2.75, 3.05) is 31.1 Å². The van der Waals surface area contributed by atoms with E-state index in [9.17, 15) is 0 Å². The standard InChI is InChI=1S/C17H34N2OS/c1-9-15-16(13(2)3)17(14(4)5)18-19(15)12-20-10-11-21(6,7)8/h13-14H,9-12H2,1-8H3. The lowest BCUT2D eigenvalue weighted by Crippen LogP contribution is -2.13. The van der Waals surface area contributed by atoms with Gasteiger partial charge in [-0.3, -0.25) is 0 Å². The van der Waals surface area contributed by atoms with E-state index in [1.807, 2.05) is 0 Å². The van der Waals surface area contributed by atoms with Gasteiger partial charge < -0.3 is 4.74 Å². The lowest BCUT2D eigenvalue weighted by molar-refractivity contribution is 0.0785. The molecule has 0 bridgehead atoms. The van der Waals surface area contributed by atoms with E-state index in [4.69, 9.17) is 9.84 Å². The van der Waals surface area contributed by atoms with Gasteiger partial charge in [-0.2, -0.15) is 5.10 Å². The van der Waals surface area contributed by atoms with Crippen LogP contribution in [-0.2, 0) is 17.9 Å². The Morgan fingerprint density at radius 2 is 1.71 bits per heavy atom. The molecule has 0 radical (unpaired) electrons. The summed E-state index contributed by atoms with van der Waals surface area (Å²) in [6.45, 7) is 12.6. The number of rotatable bonds is 8. The molecule has 0 unspecified atom stereocenters. The van der Waals surface area contributed by atoms with Crippen molar-refractivity contribution in [2.45, 2.75) is 59.6 Å². The molecule has 0 aromatic carbocycles. The van der Waals surface area contributed by atoms with Crippen LogP contribution >= 0.6 is 10.0 Å². The van der Waals surface area contributed by atoms with Crippen LogP contribution in [0.25, 0.3) is 0 Å². The maximum Gasteiger partial charge on any atom is 0.139 e. The van der Waals surface area contributed by atoms with Gasteiger partial charge in [-0.15, -0.1) is 0 Å². The topological polar surface area (TPSA) is 27.1 Å². The molecule has 1 aromatic heterocycles. The first-order valence-corrected chi connectivity index (χ1v) is 11.0. The first-order chi connectivity index (χ1) is 9.67. The van der Waals surface area contributed by atoms with Crippen molar-refractivity contribution in [2.24, 2.45) is 0 Å². The average Bonchev–Trinajstić information content (AvgIpc) is 2.72. The Balaban J connectivity index is 2.85. The van der Waals surface area contributed by atoms with E-state index < -0.39 is 10.0 Å². The molecule has 1 heterocycles. The Hall–Kier alpha value is -0.480. The van der Waals surface area contributed by atoms with Crippen molar-refractivity contribution in [3.63, 3.8) is 0 Å². The molecule has 0 aliphatic rings. The molecule has 0 aliphatic heterocycles. The summed E-state index contributed by atoms with van der Waals surface area (Å²) >= 11 is 0. The molecule has 21 heavy (non-hydrogen) atoms. The summed E-state index contributed by atoms with van der Waals surface area (Å²) in [7, 11) is -0.479. The molecule has 0 N–H and O–H groups in total. The van der Waals surface area contributed by atoms with Crippen LogP contribution in [0.5, 0.6) is 0 Å². The molecule has 1 rings (SSSR count). The van der Waals surface area contributed by atoms with Gasteiger partial charge in [0.15, 0.2) is 0 Å². The lowest BCUT2D eigenvalue weighted by atomic mass is 9.94. The maximum atomic E-state index is 5.89. The van der Waals surface area contributed by atoms with Gasteiger partial charge in [0.25, 0.3) is 0 Å². The van der Waals surface area contributed by atoms with E-state index >= 15 is 0 Å². The number of hydrogen-bond acceptors (Lipinski definition) is 2. The summed E-state index contributed by atoms with van der Waals surface area (Å²) in [6, 6.07) is 0. The van der Waals surface area contributed by atoms with Crippen molar-refractivity contribution < 1.29 is 4.74 Å². The summed E-state index contributed by atoms with van der Waals surface area (Å²) in [5.74, 6) is 2.14. The zero-order valence-electron chi connectivity index (χ0n) is 15.2. The molecule has 0 saturated carbocycles. The molecule has 0 amide bonds. The highest BCUT2D eigenvalue weighted by Crippen LogP contribution is 2.33. The molecule has 0 fully saturated rings. The van der Waals surface area contributed by atoms with Gasteiger partial charge in [-0.25, -0.2) is 14.7 Å². The predicted octanol–water partition coefficient (Wildman–Crippen LogP) is 4.36. The molecular weight excluding hydrogens is 280 g/mol. The quantitative estimate of drug-likeness (QED) is 0.667. The molecule has 3 nitrogen and oxygen atoms in total. The van der Waals surface area contributed by atoms with Crippen LogP contribution in [0.15, 0.2) is 0 Å². The first kappa shape index (κ1) is 18.6. The van der Waals surface area contributed by atoms with Crippen molar-refractivity contribution in [3.05, 3.63) is 17.0 Å². The molecule has 0 saturated heterocycles. The molecule has 0 aliphatic carbocycles. The van der Waals surface area contributed by atoms with Gasteiger partial charge in [0.2, 0.25) is 0 Å². The van der Waals surface area contributed by atoms with E-state index in [0.29, 0.717) is 18.6 Å². The monoisotopic (exact) mass is 314 g/mol. The molecule has 1 aromatic rings. The highest BCUT2D eigenvalue weighted by molar-refractivity contribution is 8.32. The van der Waals surface area contributed by atoms with Gasteiger partial charge in [0, 0.05) is 11.4 Å². The minimum Gasteiger partial charge on any atom is -0.358 e. The highest BCUT2D eigenvalue weighted by atomic mass is 32.3. The molecule has 0 atom stereocenters. The third-order valence-corrected chi connectivity index (χ3v) is 5.03. The van der Waals surface area contributed by atoms with E-state index in [1.54, 1.807) is 0 Å². The second-order valence-corrected chi connectivity index (χ2v) is 11.8. The third-order valence-electron chi connectivity index (χ3n) is 3.64. The average molecular weight is 315 g/mol. The van der Waals surface area contributed by atoms with Gasteiger partial charge in [0.1, 0.15) is 6.73 Å². The Kier molecular flexibility index (Phi) is 6.79. The van der Waals surface area contributed by atoms with Crippen molar-refractivity contribution >= 4 is 10.0 Å². The second-order valence-electron chi connectivity index (χ2n) is 7.24. The fourth-order valence-corrected chi connectivity index (χ4v) is 3.14. The Morgan fingerprint density at radius 1 is 1.10 bits per heavy atom. The number of hydrogen-bond donors (Lipinski definition) is 0. The van der Waals surface area contributed by atoms with E-state index in [2.05, 4.69) is 58.1 Å². The normalized spacial score (nSPS) is 13.4. The van der Waals surface area contributed by atoms with Crippen molar-refractivity contribution in [3.8, 4) is 0 Å². The van der Waals surface area contributed by atoms with Crippen LogP contribution in [0, 0.1) is 0 Å². The minimum absolute atomic E-state index is 0.466. The summed E-state index contributed by atoms with van der Waals surface area (Å²) < 4.78 is 7.97. The SMILES string of the molecule is CCc1c(C(C)C)c(C(C)C)nn1COCCS(C)(C)C. The predicted molar refractivity (Wildman–Crippen MR) is 96.0 cm³/mol. The maximum absolute atomic E-state index is 5.89. The lowest BCUT2D eigenvalue weighted by Gasteiger charge is -2.24. The van der Waals surface area contributed by atoms with Gasteiger partial charge in [-0.05, 0) is 42.6 Å². The largest absolute Gasteiger partial charge is 0.358 e. The van der Waals surface area contributed by atoms with Crippen LogP contribution in [0.1, 0.15) is 63.4 Å². The zero-order chi connectivity index (χ0) is 16.2. The number of aromatic nitrogens is 2. The Labute approximate surface area is 132 Å². The summed E-state index contributed by atoms with van der Waals surface area (Å²) in [4.78, 5) is 0. The summed E-state index contributed by atoms with van der Waals surface area (Å²) in [5, 5.41) is 4.83. The van der Waals surface area contributed by atoms with E-state index in [1.165, 1.54) is 17.0 Å². The molecule has 4 heteroatoms. The van der Waals surface area contributed by atoms with Crippen LogP contribution in [0.4, 0.5) is 0 Å². The van der Waals surface area contributed by atoms with E-state index in [0.717, 1.165) is 18.8 Å². The van der Waals surface area contributed by atoms with Crippen LogP contribution in [-0.4, -0.2) is 40.9 Å². The smallest absolute Gasteiger partial charge is 0.139 e.